The molecule has 0 heterocycles. The quantitative estimate of drug-likeness (QED) is 0.711. The molecular formula is C9H16F3N. The molecule has 1 atom stereocenters. The van der Waals surface area contributed by atoms with E-state index in [9.17, 15) is 13.2 Å². The maximum absolute atomic E-state index is 12.1. The molecule has 0 amide bonds. The van der Waals surface area contributed by atoms with Crippen molar-refractivity contribution < 1.29 is 13.2 Å². The van der Waals surface area contributed by atoms with E-state index in [0.717, 1.165) is 19.3 Å². The zero-order valence-corrected chi connectivity index (χ0v) is 7.82. The summed E-state index contributed by atoms with van der Waals surface area (Å²) in [5.41, 5.74) is 0. The minimum atomic E-state index is -4.00. The molecule has 13 heavy (non-hydrogen) atoms. The predicted octanol–water partition coefficient (Wildman–Crippen LogP) is 2.57. The lowest BCUT2D eigenvalue weighted by molar-refractivity contribution is -0.144. The minimum absolute atomic E-state index is 0.225. The van der Waals surface area contributed by atoms with E-state index in [0.29, 0.717) is 12.5 Å². The van der Waals surface area contributed by atoms with Crippen LogP contribution in [-0.4, -0.2) is 19.8 Å². The van der Waals surface area contributed by atoms with Gasteiger partial charge in [-0.2, -0.15) is 13.2 Å². The van der Waals surface area contributed by atoms with Crippen molar-refractivity contribution in [3.05, 3.63) is 0 Å². The first-order chi connectivity index (χ1) is 6.01. The Morgan fingerprint density at radius 2 is 2.00 bits per heavy atom. The van der Waals surface area contributed by atoms with Crippen molar-refractivity contribution in [3.63, 3.8) is 0 Å². The zero-order valence-electron chi connectivity index (χ0n) is 7.82. The normalized spacial score (nSPS) is 20.3. The number of nitrogens with one attached hydrogen (secondary N) is 1. The molecule has 0 unspecified atom stereocenters. The third-order valence-corrected chi connectivity index (χ3v) is 2.38. The molecule has 1 nitrogen and oxygen atoms in total. The predicted molar refractivity (Wildman–Crippen MR) is 45.4 cm³/mol. The molecule has 0 aromatic carbocycles. The van der Waals surface area contributed by atoms with E-state index in [1.807, 2.05) is 0 Å². The third kappa shape index (κ3) is 5.13. The Morgan fingerprint density at radius 1 is 1.38 bits per heavy atom. The number of rotatable bonds is 5. The zero-order chi connectivity index (χ0) is 9.90. The van der Waals surface area contributed by atoms with Gasteiger partial charge in [0.2, 0.25) is 0 Å². The Morgan fingerprint density at radius 3 is 2.38 bits per heavy atom. The summed E-state index contributed by atoms with van der Waals surface area (Å²) in [5, 5.41) is 2.82. The standard InChI is InChI=1S/C9H16F3N/c1-13-6-8(4-7-2-3-7)5-9(10,11)12/h7-8,13H,2-6H2,1H3/t8-/m0/s1. The fourth-order valence-electron chi connectivity index (χ4n) is 1.68. The first kappa shape index (κ1) is 10.8. The van der Waals surface area contributed by atoms with Crippen LogP contribution in [0.4, 0.5) is 13.2 Å². The molecule has 0 radical (unpaired) electrons. The third-order valence-electron chi connectivity index (χ3n) is 2.38. The lowest BCUT2D eigenvalue weighted by Gasteiger charge is -2.17. The van der Waals surface area contributed by atoms with Gasteiger partial charge in [-0.15, -0.1) is 0 Å². The largest absolute Gasteiger partial charge is 0.389 e. The number of hydrogen-bond donors (Lipinski definition) is 1. The van der Waals surface area contributed by atoms with Crippen molar-refractivity contribution in [1.82, 2.24) is 5.32 Å². The Hall–Kier alpha value is -0.250. The molecule has 0 bridgehead atoms. The smallest absolute Gasteiger partial charge is 0.319 e. The summed E-state index contributed by atoms with van der Waals surface area (Å²) in [6.45, 7) is 0.482. The lowest BCUT2D eigenvalue weighted by atomic mass is 9.98. The van der Waals surface area contributed by atoms with E-state index >= 15 is 0 Å². The van der Waals surface area contributed by atoms with Crippen molar-refractivity contribution in [2.24, 2.45) is 11.8 Å². The fraction of sp³-hybridized carbons (Fsp3) is 1.00. The molecule has 0 spiro atoms. The monoisotopic (exact) mass is 195 g/mol. The average Bonchev–Trinajstić information content (AvgIpc) is 2.68. The SMILES string of the molecule is CNC[C@@H](CC1CC1)CC(F)(F)F. The number of hydrogen-bond acceptors (Lipinski definition) is 1. The molecule has 1 N–H and O–H groups in total. The van der Waals surface area contributed by atoms with Crippen molar-refractivity contribution in [2.75, 3.05) is 13.6 Å². The molecule has 1 rings (SSSR count). The van der Waals surface area contributed by atoms with E-state index in [4.69, 9.17) is 0 Å². The molecule has 0 aromatic heterocycles. The Bertz CT molecular complexity index is 151. The molecule has 1 aliphatic carbocycles. The van der Waals surface area contributed by atoms with Gasteiger partial charge in [-0.05, 0) is 31.8 Å². The highest BCUT2D eigenvalue weighted by Crippen LogP contribution is 2.38. The lowest BCUT2D eigenvalue weighted by Crippen LogP contribution is -2.25. The maximum Gasteiger partial charge on any atom is 0.389 e. The summed E-state index contributed by atoms with van der Waals surface area (Å²) < 4.78 is 36.2. The van der Waals surface area contributed by atoms with Gasteiger partial charge in [-0.25, -0.2) is 0 Å². The second-order valence-corrected chi connectivity index (χ2v) is 3.92. The van der Waals surface area contributed by atoms with Crippen LogP contribution in [0.25, 0.3) is 0 Å². The van der Waals surface area contributed by atoms with Crippen molar-refractivity contribution in [1.29, 1.82) is 0 Å². The summed E-state index contributed by atoms with van der Waals surface area (Å²) in [5.74, 6) is 0.346. The van der Waals surface area contributed by atoms with E-state index in [-0.39, 0.29) is 5.92 Å². The van der Waals surface area contributed by atoms with Gasteiger partial charge >= 0.3 is 6.18 Å². The number of halogens is 3. The van der Waals surface area contributed by atoms with E-state index in [1.165, 1.54) is 0 Å². The second-order valence-electron chi connectivity index (χ2n) is 3.92. The van der Waals surface area contributed by atoms with Gasteiger partial charge in [0.25, 0.3) is 0 Å². The van der Waals surface area contributed by atoms with E-state index in [2.05, 4.69) is 5.32 Å². The van der Waals surface area contributed by atoms with Gasteiger partial charge in [-0.3, -0.25) is 0 Å². The van der Waals surface area contributed by atoms with Crippen molar-refractivity contribution in [2.45, 2.75) is 31.9 Å². The van der Waals surface area contributed by atoms with Crippen LogP contribution in [0.15, 0.2) is 0 Å². The van der Waals surface area contributed by atoms with Crippen LogP contribution in [0.2, 0.25) is 0 Å². The highest BCUT2D eigenvalue weighted by molar-refractivity contribution is 4.78. The van der Waals surface area contributed by atoms with Crippen LogP contribution in [0, 0.1) is 11.8 Å². The molecule has 78 valence electrons. The Kier molecular flexibility index (Phi) is 3.59. The molecule has 0 saturated heterocycles. The van der Waals surface area contributed by atoms with Gasteiger partial charge < -0.3 is 5.32 Å². The van der Waals surface area contributed by atoms with Crippen molar-refractivity contribution in [3.8, 4) is 0 Å². The topological polar surface area (TPSA) is 12.0 Å². The van der Waals surface area contributed by atoms with Gasteiger partial charge in [0.05, 0.1) is 0 Å². The second kappa shape index (κ2) is 4.31. The maximum atomic E-state index is 12.1. The van der Waals surface area contributed by atoms with Gasteiger partial charge in [0.1, 0.15) is 0 Å². The molecule has 1 aliphatic rings. The highest BCUT2D eigenvalue weighted by Gasteiger charge is 2.34. The summed E-state index contributed by atoms with van der Waals surface area (Å²) in [6.07, 6.45) is -1.66. The van der Waals surface area contributed by atoms with Gasteiger partial charge in [0.15, 0.2) is 0 Å². The van der Waals surface area contributed by atoms with Crippen molar-refractivity contribution >= 4 is 0 Å². The number of alkyl halides is 3. The van der Waals surface area contributed by atoms with Crippen LogP contribution >= 0.6 is 0 Å². The minimum Gasteiger partial charge on any atom is -0.319 e. The van der Waals surface area contributed by atoms with E-state index < -0.39 is 12.6 Å². The molecule has 0 aromatic rings. The van der Waals surface area contributed by atoms with Gasteiger partial charge in [0, 0.05) is 6.42 Å². The van der Waals surface area contributed by atoms with Crippen LogP contribution in [0.1, 0.15) is 25.7 Å². The molecule has 4 heteroatoms. The van der Waals surface area contributed by atoms with Crippen LogP contribution in [-0.2, 0) is 0 Å². The van der Waals surface area contributed by atoms with Crippen LogP contribution < -0.4 is 5.32 Å². The fourth-order valence-corrected chi connectivity index (χ4v) is 1.68. The van der Waals surface area contributed by atoms with Gasteiger partial charge in [-0.1, -0.05) is 12.8 Å². The summed E-state index contributed by atoms with van der Waals surface area (Å²) in [6, 6.07) is 0. The highest BCUT2D eigenvalue weighted by atomic mass is 19.4. The molecule has 1 saturated carbocycles. The van der Waals surface area contributed by atoms with E-state index in [1.54, 1.807) is 7.05 Å². The van der Waals surface area contributed by atoms with Crippen LogP contribution in [0.3, 0.4) is 0 Å². The summed E-state index contributed by atoms with van der Waals surface area (Å²) >= 11 is 0. The Labute approximate surface area is 76.7 Å². The first-order valence-corrected chi connectivity index (χ1v) is 4.72. The molecular weight excluding hydrogens is 179 g/mol. The Balaban J connectivity index is 2.27. The molecule has 0 aliphatic heterocycles. The summed E-state index contributed by atoms with van der Waals surface area (Å²) in [4.78, 5) is 0. The first-order valence-electron chi connectivity index (χ1n) is 4.72. The molecule has 1 fully saturated rings. The summed E-state index contributed by atoms with van der Waals surface area (Å²) in [7, 11) is 1.70. The van der Waals surface area contributed by atoms with Crippen LogP contribution in [0.5, 0.6) is 0 Å². The average molecular weight is 195 g/mol.